The van der Waals surface area contributed by atoms with E-state index < -0.39 is 0 Å². The van der Waals surface area contributed by atoms with Gasteiger partial charge in [0.15, 0.2) is 11.6 Å². The summed E-state index contributed by atoms with van der Waals surface area (Å²) in [7, 11) is 0. The lowest BCUT2D eigenvalue weighted by Crippen LogP contribution is -1.95. The van der Waals surface area contributed by atoms with Crippen molar-refractivity contribution in [3.05, 3.63) is 67.1 Å². The van der Waals surface area contributed by atoms with Crippen LogP contribution in [0.25, 0.3) is 0 Å². The highest BCUT2D eigenvalue weighted by atomic mass is 32.2. The standard InChI is InChI=1S/C16H13N3OS/c17-16-15(20-12-5-4-8-18-10-12)9-14(11-19-16)21-13-6-2-1-3-7-13/h1-11H,(H2,17,19). The maximum Gasteiger partial charge on any atom is 0.170 e. The van der Waals surface area contributed by atoms with Gasteiger partial charge in [0.1, 0.15) is 5.75 Å². The Labute approximate surface area is 127 Å². The van der Waals surface area contributed by atoms with Crippen LogP contribution in [0.2, 0.25) is 0 Å². The topological polar surface area (TPSA) is 61.0 Å². The molecule has 1 aromatic carbocycles. The Kier molecular flexibility index (Phi) is 4.02. The van der Waals surface area contributed by atoms with Crippen molar-refractivity contribution in [2.45, 2.75) is 9.79 Å². The lowest BCUT2D eigenvalue weighted by molar-refractivity contribution is 0.479. The van der Waals surface area contributed by atoms with Crippen LogP contribution in [-0.2, 0) is 0 Å². The van der Waals surface area contributed by atoms with Gasteiger partial charge in [0.05, 0.1) is 6.20 Å². The third kappa shape index (κ3) is 3.52. The number of rotatable bonds is 4. The molecule has 4 nitrogen and oxygen atoms in total. The van der Waals surface area contributed by atoms with Gasteiger partial charge in [-0.2, -0.15) is 0 Å². The fourth-order valence-electron chi connectivity index (χ4n) is 1.73. The molecule has 0 saturated heterocycles. The molecule has 0 unspecified atom stereocenters. The van der Waals surface area contributed by atoms with Gasteiger partial charge in [-0.05, 0) is 24.3 Å². The van der Waals surface area contributed by atoms with Gasteiger partial charge in [-0.15, -0.1) is 0 Å². The highest BCUT2D eigenvalue weighted by molar-refractivity contribution is 7.99. The van der Waals surface area contributed by atoms with Crippen molar-refractivity contribution in [1.82, 2.24) is 9.97 Å². The van der Waals surface area contributed by atoms with E-state index in [9.17, 15) is 0 Å². The van der Waals surface area contributed by atoms with Crippen LogP contribution in [0.4, 0.5) is 5.82 Å². The first-order valence-electron chi connectivity index (χ1n) is 6.37. The Morgan fingerprint density at radius 3 is 2.57 bits per heavy atom. The Hall–Kier alpha value is -2.53. The molecule has 104 valence electrons. The van der Waals surface area contributed by atoms with Gasteiger partial charge in [-0.1, -0.05) is 30.0 Å². The summed E-state index contributed by atoms with van der Waals surface area (Å²) in [6.07, 6.45) is 5.07. The van der Waals surface area contributed by atoms with Crippen molar-refractivity contribution in [3.8, 4) is 11.5 Å². The van der Waals surface area contributed by atoms with E-state index in [1.165, 1.54) is 0 Å². The SMILES string of the molecule is Nc1ncc(Sc2ccccc2)cc1Oc1cccnc1. The van der Waals surface area contributed by atoms with E-state index in [0.29, 0.717) is 17.3 Å². The summed E-state index contributed by atoms with van der Waals surface area (Å²) in [5.74, 6) is 1.52. The molecule has 0 aliphatic carbocycles. The number of nitrogen functional groups attached to an aromatic ring is 1. The zero-order valence-corrected chi connectivity index (χ0v) is 12.0. The van der Waals surface area contributed by atoms with Crippen molar-refractivity contribution >= 4 is 17.6 Å². The van der Waals surface area contributed by atoms with E-state index in [-0.39, 0.29) is 0 Å². The fraction of sp³-hybridized carbons (Fsp3) is 0. The average molecular weight is 295 g/mol. The smallest absolute Gasteiger partial charge is 0.170 e. The monoisotopic (exact) mass is 295 g/mol. The molecule has 2 N–H and O–H groups in total. The highest BCUT2D eigenvalue weighted by Gasteiger charge is 2.07. The molecule has 0 atom stereocenters. The Balaban J connectivity index is 1.83. The van der Waals surface area contributed by atoms with Crippen molar-refractivity contribution in [2.75, 3.05) is 5.73 Å². The summed E-state index contributed by atoms with van der Waals surface area (Å²) in [5, 5.41) is 0. The molecule has 0 radical (unpaired) electrons. The van der Waals surface area contributed by atoms with Gasteiger partial charge in [0.2, 0.25) is 0 Å². The Morgan fingerprint density at radius 1 is 0.952 bits per heavy atom. The maximum absolute atomic E-state index is 5.86. The summed E-state index contributed by atoms with van der Waals surface area (Å²) < 4.78 is 5.72. The molecule has 2 heterocycles. The number of hydrogen-bond donors (Lipinski definition) is 1. The minimum atomic E-state index is 0.358. The van der Waals surface area contributed by atoms with Crippen molar-refractivity contribution in [3.63, 3.8) is 0 Å². The molecule has 3 aromatic rings. The van der Waals surface area contributed by atoms with Crippen LogP contribution in [0.5, 0.6) is 11.5 Å². The molecule has 2 aromatic heterocycles. The van der Waals surface area contributed by atoms with Crippen LogP contribution in [0.1, 0.15) is 0 Å². The van der Waals surface area contributed by atoms with Gasteiger partial charge in [0.25, 0.3) is 0 Å². The van der Waals surface area contributed by atoms with E-state index in [1.54, 1.807) is 30.4 Å². The quantitative estimate of drug-likeness (QED) is 0.788. The number of ether oxygens (including phenoxy) is 1. The summed E-state index contributed by atoms with van der Waals surface area (Å²) >= 11 is 1.61. The summed E-state index contributed by atoms with van der Waals surface area (Å²) in [6.45, 7) is 0. The minimum absolute atomic E-state index is 0.358. The van der Waals surface area contributed by atoms with Gasteiger partial charge < -0.3 is 10.5 Å². The second-order valence-corrected chi connectivity index (χ2v) is 5.41. The number of nitrogens with zero attached hydrogens (tertiary/aromatic N) is 2. The molecule has 0 bridgehead atoms. The highest BCUT2D eigenvalue weighted by Crippen LogP contribution is 2.33. The van der Waals surface area contributed by atoms with Crippen LogP contribution < -0.4 is 10.5 Å². The third-order valence-electron chi connectivity index (χ3n) is 2.70. The molecular formula is C16H13N3OS. The van der Waals surface area contributed by atoms with Crippen molar-refractivity contribution in [2.24, 2.45) is 0 Å². The van der Waals surface area contributed by atoms with Gasteiger partial charge in [-0.3, -0.25) is 4.98 Å². The molecule has 0 amide bonds. The van der Waals surface area contributed by atoms with Crippen LogP contribution in [-0.4, -0.2) is 9.97 Å². The largest absolute Gasteiger partial charge is 0.452 e. The number of nitrogens with two attached hydrogens (primary N) is 1. The predicted molar refractivity (Wildman–Crippen MR) is 83.5 cm³/mol. The number of hydrogen-bond acceptors (Lipinski definition) is 5. The molecular weight excluding hydrogens is 282 g/mol. The summed E-state index contributed by atoms with van der Waals surface area (Å²) in [4.78, 5) is 10.3. The van der Waals surface area contributed by atoms with Crippen LogP contribution in [0, 0.1) is 0 Å². The van der Waals surface area contributed by atoms with Crippen LogP contribution in [0.3, 0.4) is 0 Å². The Morgan fingerprint density at radius 2 is 1.81 bits per heavy atom. The summed E-state index contributed by atoms with van der Waals surface area (Å²) in [5.41, 5.74) is 5.86. The van der Waals surface area contributed by atoms with Gasteiger partial charge >= 0.3 is 0 Å². The molecule has 21 heavy (non-hydrogen) atoms. The normalized spacial score (nSPS) is 10.3. The second-order valence-electron chi connectivity index (χ2n) is 4.26. The average Bonchev–Trinajstić information content (AvgIpc) is 2.53. The first-order chi connectivity index (χ1) is 10.3. The molecule has 3 rings (SSSR count). The van der Waals surface area contributed by atoms with Crippen molar-refractivity contribution in [1.29, 1.82) is 0 Å². The van der Waals surface area contributed by atoms with Crippen LogP contribution >= 0.6 is 11.8 Å². The first-order valence-corrected chi connectivity index (χ1v) is 7.19. The molecule has 5 heteroatoms. The van der Waals surface area contributed by atoms with E-state index in [2.05, 4.69) is 9.97 Å². The van der Waals surface area contributed by atoms with E-state index >= 15 is 0 Å². The predicted octanol–water partition coefficient (Wildman–Crippen LogP) is 4.00. The lowest BCUT2D eigenvalue weighted by Gasteiger charge is -2.09. The summed E-state index contributed by atoms with van der Waals surface area (Å²) in [6, 6.07) is 15.6. The maximum atomic E-state index is 5.86. The van der Waals surface area contributed by atoms with Gasteiger partial charge in [0, 0.05) is 28.3 Å². The fourth-order valence-corrected chi connectivity index (χ4v) is 2.57. The zero-order valence-electron chi connectivity index (χ0n) is 11.1. The Bertz CT molecular complexity index is 720. The number of benzene rings is 1. The zero-order chi connectivity index (χ0) is 14.5. The lowest BCUT2D eigenvalue weighted by atomic mass is 10.4. The van der Waals surface area contributed by atoms with E-state index in [4.69, 9.17) is 10.5 Å². The second kappa shape index (κ2) is 6.28. The van der Waals surface area contributed by atoms with Gasteiger partial charge in [-0.25, -0.2) is 4.98 Å². The molecule has 0 aliphatic rings. The molecule has 0 aliphatic heterocycles. The van der Waals surface area contributed by atoms with E-state index in [0.717, 1.165) is 9.79 Å². The first kappa shape index (κ1) is 13.5. The van der Waals surface area contributed by atoms with E-state index in [1.807, 2.05) is 48.5 Å². The molecule has 0 spiro atoms. The number of anilines is 1. The minimum Gasteiger partial charge on any atom is -0.452 e. The van der Waals surface area contributed by atoms with Crippen molar-refractivity contribution < 1.29 is 4.74 Å². The van der Waals surface area contributed by atoms with Crippen LogP contribution in [0.15, 0.2) is 76.9 Å². The third-order valence-corrected chi connectivity index (χ3v) is 3.66. The number of aromatic nitrogens is 2. The molecule has 0 fully saturated rings. The number of pyridine rings is 2. The molecule has 0 saturated carbocycles.